The van der Waals surface area contributed by atoms with Gasteiger partial charge in [0.15, 0.2) is 15.0 Å². The van der Waals surface area contributed by atoms with E-state index in [9.17, 15) is 13.2 Å². The first-order valence-corrected chi connectivity index (χ1v) is 13.2. The van der Waals surface area contributed by atoms with Crippen LogP contribution in [0.2, 0.25) is 5.02 Å². The van der Waals surface area contributed by atoms with E-state index in [2.05, 4.69) is 0 Å². The number of thiazole rings is 1. The molecule has 1 aliphatic rings. The van der Waals surface area contributed by atoms with Gasteiger partial charge in [-0.05, 0) is 75.6 Å². The van der Waals surface area contributed by atoms with Gasteiger partial charge >= 0.3 is 0 Å². The van der Waals surface area contributed by atoms with Crippen LogP contribution in [0.3, 0.4) is 0 Å². The highest BCUT2D eigenvalue weighted by molar-refractivity contribution is 7.92. The van der Waals surface area contributed by atoms with Crippen molar-refractivity contribution in [3.05, 3.63) is 52.5 Å². The second-order valence-corrected chi connectivity index (χ2v) is 12.2. The molecular weight excluding hydrogens is 468 g/mol. The van der Waals surface area contributed by atoms with E-state index in [0.717, 1.165) is 28.6 Å². The number of aromatic nitrogens is 1. The highest BCUT2D eigenvalue weighted by Gasteiger charge is 2.28. The predicted molar refractivity (Wildman–Crippen MR) is 129 cm³/mol. The average molecular weight is 493 g/mol. The number of benzene rings is 2. The monoisotopic (exact) mass is 492 g/mol. The molecule has 1 atom stereocenters. The number of halogens is 1. The number of aryl methyl sites for hydroxylation is 1. The number of amides is 1. The van der Waals surface area contributed by atoms with Crippen LogP contribution >= 0.6 is 22.9 Å². The first-order chi connectivity index (χ1) is 15.2. The summed E-state index contributed by atoms with van der Waals surface area (Å²) in [6.45, 7) is 6.29. The van der Waals surface area contributed by atoms with Gasteiger partial charge in [-0.15, -0.1) is 0 Å². The molecule has 0 spiro atoms. The molecule has 1 fully saturated rings. The summed E-state index contributed by atoms with van der Waals surface area (Å²) in [5.41, 5.74) is 2.17. The molecular formula is C23H25ClN2O4S2. The SMILES string of the molecule is Cc1cc(Cl)cc2sc(N(CC3CCCO3)C(=O)c3ccc(S(=O)(=O)C(C)C)cc3)nc12. The smallest absolute Gasteiger partial charge is 0.260 e. The Morgan fingerprint density at radius 3 is 2.62 bits per heavy atom. The number of hydrogen-bond donors (Lipinski definition) is 0. The van der Waals surface area contributed by atoms with Crippen molar-refractivity contribution in [1.82, 2.24) is 4.98 Å². The van der Waals surface area contributed by atoms with Gasteiger partial charge < -0.3 is 4.74 Å². The normalized spacial score (nSPS) is 16.7. The highest BCUT2D eigenvalue weighted by atomic mass is 35.5. The third kappa shape index (κ3) is 4.55. The van der Waals surface area contributed by atoms with Crippen LogP contribution in [0.4, 0.5) is 5.13 Å². The fraction of sp³-hybridized carbons (Fsp3) is 0.391. The molecule has 32 heavy (non-hydrogen) atoms. The summed E-state index contributed by atoms with van der Waals surface area (Å²) in [5, 5.41) is 0.673. The Morgan fingerprint density at radius 1 is 1.28 bits per heavy atom. The van der Waals surface area contributed by atoms with E-state index in [1.54, 1.807) is 30.9 Å². The molecule has 0 aliphatic carbocycles. The average Bonchev–Trinajstić information content (AvgIpc) is 3.41. The molecule has 1 unspecified atom stereocenters. The van der Waals surface area contributed by atoms with E-state index in [-0.39, 0.29) is 16.9 Å². The molecule has 9 heteroatoms. The van der Waals surface area contributed by atoms with Crippen molar-refractivity contribution in [2.75, 3.05) is 18.1 Å². The summed E-state index contributed by atoms with van der Waals surface area (Å²) in [6.07, 6.45) is 1.78. The fourth-order valence-electron chi connectivity index (χ4n) is 3.71. The second-order valence-electron chi connectivity index (χ2n) is 8.23. The Labute approximate surface area is 197 Å². The summed E-state index contributed by atoms with van der Waals surface area (Å²) in [5.74, 6) is -0.239. The minimum Gasteiger partial charge on any atom is -0.376 e. The quantitative estimate of drug-likeness (QED) is 0.468. The molecule has 3 aromatic rings. The van der Waals surface area contributed by atoms with Gasteiger partial charge in [0.2, 0.25) is 0 Å². The maximum Gasteiger partial charge on any atom is 0.260 e. The van der Waals surface area contributed by atoms with Gasteiger partial charge in [0.05, 0.1) is 33.0 Å². The number of rotatable bonds is 6. The zero-order chi connectivity index (χ0) is 23.0. The summed E-state index contributed by atoms with van der Waals surface area (Å²) in [4.78, 5) is 20.1. The lowest BCUT2D eigenvalue weighted by molar-refractivity contribution is 0.0917. The maximum absolute atomic E-state index is 13.5. The van der Waals surface area contributed by atoms with E-state index in [0.29, 0.717) is 28.9 Å². The van der Waals surface area contributed by atoms with Crippen molar-refractivity contribution in [3.63, 3.8) is 0 Å². The summed E-state index contributed by atoms with van der Waals surface area (Å²) < 4.78 is 31.5. The number of nitrogens with zero attached hydrogens (tertiary/aromatic N) is 2. The number of carbonyl (C=O) groups excluding carboxylic acids is 1. The molecule has 6 nitrogen and oxygen atoms in total. The topological polar surface area (TPSA) is 76.6 Å². The second kappa shape index (κ2) is 9.09. The van der Waals surface area contributed by atoms with Crippen LogP contribution in [0.5, 0.6) is 0 Å². The number of sulfone groups is 1. The maximum atomic E-state index is 13.5. The lowest BCUT2D eigenvalue weighted by Gasteiger charge is -2.23. The molecule has 0 saturated carbocycles. The molecule has 1 aromatic heterocycles. The van der Waals surface area contributed by atoms with Crippen molar-refractivity contribution < 1.29 is 17.9 Å². The third-order valence-corrected chi connectivity index (χ3v) is 8.99. The molecule has 2 aromatic carbocycles. The van der Waals surface area contributed by atoms with E-state index in [1.807, 2.05) is 19.1 Å². The molecule has 0 N–H and O–H groups in total. The van der Waals surface area contributed by atoms with Crippen molar-refractivity contribution in [2.24, 2.45) is 0 Å². The lowest BCUT2D eigenvalue weighted by Crippen LogP contribution is -2.37. The van der Waals surface area contributed by atoms with Crippen molar-refractivity contribution >= 4 is 54.0 Å². The van der Waals surface area contributed by atoms with E-state index < -0.39 is 15.1 Å². The summed E-state index contributed by atoms with van der Waals surface area (Å²) in [6, 6.07) is 9.83. The molecule has 1 amide bonds. The fourth-order valence-corrected chi connectivity index (χ4v) is 6.20. The van der Waals surface area contributed by atoms with Gasteiger partial charge in [-0.3, -0.25) is 9.69 Å². The molecule has 4 rings (SSSR count). The van der Waals surface area contributed by atoms with Crippen molar-refractivity contribution in [2.45, 2.75) is 49.9 Å². The van der Waals surface area contributed by atoms with Gasteiger partial charge in [0, 0.05) is 17.2 Å². The number of anilines is 1. The minimum atomic E-state index is -3.40. The van der Waals surface area contributed by atoms with Crippen LogP contribution in [0.25, 0.3) is 10.2 Å². The predicted octanol–water partition coefficient (Wildman–Crippen LogP) is 5.27. The van der Waals surface area contributed by atoms with Gasteiger partial charge in [-0.25, -0.2) is 13.4 Å². The molecule has 0 radical (unpaired) electrons. The van der Waals surface area contributed by atoms with Crippen molar-refractivity contribution in [1.29, 1.82) is 0 Å². The Kier molecular flexibility index (Phi) is 6.58. The lowest BCUT2D eigenvalue weighted by atomic mass is 10.2. The minimum absolute atomic E-state index is 0.0590. The van der Waals surface area contributed by atoms with Gasteiger partial charge in [-0.2, -0.15) is 0 Å². The van der Waals surface area contributed by atoms with E-state index in [4.69, 9.17) is 21.3 Å². The number of carbonyl (C=O) groups is 1. The van der Waals surface area contributed by atoms with E-state index >= 15 is 0 Å². The molecule has 1 saturated heterocycles. The van der Waals surface area contributed by atoms with Gasteiger partial charge in [-0.1, -0.05) is 22.9 Å². The molecule has 170 valence electrons. The van der Waals surface area contributed by atoms with Gasteiger partial charge in [0.25, 0.3) is 5.91 Å². The Bertz CT molecular complexity index is 1250. The Hall–Kier alpha value is -2.00. The summed E-state index contributed by atoms with van der Waals surface area (Å²) in [7, 11) is -3.40. The highest BCUT2D eigenvalue weighted by Crippen LogP contribution is 2.34. The van der Waals surface area contributed by atoms with Gasteiger partial charge in [0.1, 0.15) is 0 Å². The van der Waals surface area contributed by atoms with E-state index in [1.165, 1.54) is 23.5 Å². The Balaban J connectivity index is 1.70. The standard InChI is InChI=1S/C23H25ClN2O4S2/c1-14(2)32(28,29)19-8-6-16(7-9-19)22(27)26(13-18-5-4-10-30-18)23-25-21-15(3)11-17(24)12-20(21)31-23/h6-9,11-12,14,18H,4-5,10,13H2,1-3H3. The zero-order valence-electron chi connectivity index (χ0n) is 18.2. The zero-order valence-corrected chi connectivity index (χ0v) is 20.6. The Morgan fingerprint density at radius 2 is 2.00 bits per heavy atom. The molecule has 1 aliphatic heterocycles. The van der Waals surface area contributed by atoms with Crippen LogP contribution in [0, 0.1) is 6.92 Å². The van der Waals surface area contributed by atoms with Crippen LogP contribution in [0.15, 0.2) is 41.3 Å². The van der Waals surface area contributed by atoms with Crippen molar-refractivity contribution in [3.8, 4) is 0 Å². The molecule has 0 bridgehead atoms. The first kappa shape index (κ1) is 23.2. The summed E-state index contributed by atoms with van der Waals surface area (Å²) >= 11 is 7.62. The first-order valence-electron chi connectivity index (χ1n) is 10.5. The van der Waals surface area contributed by atoms with Crippen LogP contribution in [-0.2, 0) is 14.6 Å². The molecule has 2 heterocycles. The van der Waals surface area contributed by atoms with Crippen LogP contribution < -0.4 is 4.90 Å². The number of hydrogen-bond acceptors (Lipinski definition) is 6. The van der Waals surface area contributed by atoms with Crippen LogP contribution in [0.1, 0.15) is 42.6 Å². The largest absolute Gasteiger partial charge is 0.376 e. The van der Waals surface area contributed by atoms with Crippen LogP contribution in [-0.4, -0.2) is 43.8 Å². The number of fused-ring (bicyclic) bond motifs is 1. The third-order valence-electron chi connectivity index (χ3n) is 5.58. The number of ether oxygens (including phenoxy) is 1.